The second kappa shape index (κ2) is 4.82. The summed E-state index contributed by atoms with van der Waals surface area (Å²) in [6, 6.07) is 4.25. The average molecular weight is 250 g/mol. The summed E-state index contributed by atoms with van der Waals surface area (Å²) in [5.41, 5.74) is 5.91. The number of carbonyl (C=O) groups is 1. The van der Waals surface area contributed by atoms with Gasteiger partial charge in [0.25, 0.3) is 0 Å². The molecule has 2 aromatic rings. The molecule has 0 aliphatic rings. The van der Waals surface area contributed by atoms with Crippen LogP contribution in [0.4, 0.5) is 10.1 Å². The molecule has 0 aliphatic heterocycles. The molecule has 94 valence electrons. The number of nitrogens with two attached hydrogens (primary N) is 1. The normalized spacial score (nSPS) is 10.3. The lowest BCUT2D eigenvalue weighted by atomic mass is 10.1. The molecule has 0 saturated carbocycles. The Morgan fingerprint density at radius 3 is 3.00 bits per heavy atom. The first-order valence-electron chi connectivity index (χ1n) is 5.27. The second-order valence-electron chi connectivity index (χ2n) is 3.43. The standard InChI is InChI=1S/C11H11FN4O2/c1-2-18-11(17)10-14-9(15-16-10)8-6(12)4-3-5-7(8)13/h3-5H,2,13H2,1H3,(H,14,15,16). The van der Waals surface area contributed by atoms with Crippen LogP contribution >= 0.6 is 0 Å². The van der Waals surface area contributed by atoms with Crippen molar-refractivity contribution in [2.45, 2.75) is 6.92 Å². The molecule has 0 saturated heterocycles. The molecule has 1 aromatic carbocycles. The van der Waals surface area contributed by atoms with Crippen molar-refractivity contribution in [1.29, 1.82) is 0 Å². The molecule has 1 aromatic heterocycles. The van der Waals surface area contributed by atoms with Gasteiger partial charge in [0.1, 0.15) is 5.82 Å². The summed E-state index contributed by atoms with van der Waals surface area (Å²) in [4.78, 5) is 15.2. The number of halogens is 1. The zero-order valence-electron chi connectivity index (χ0n) is 9.61. The van der Waals surface area contributed by atoms with Crippen LogP contribution in [0.2, 0.25) is 0 Å². The number of aromatic nitrogens is 3. The number of anilines is 1. The Kier molecular flexibility index (Phi) is 3.22. The minimum Gasteiger partial charge on any atom is -0.460 e. The summed E-state index contributed by atoms with van der Waals surface area (Å²) in [7, 11) is 0. The van der Waals surface area contributed by atoms with Crippen LogP contribution in [0.5, 0.6) is 0 Å². The van der Waals surface area contributed by atoms with Gasteiger partial charge in [0.2, 0.25) is 5.82 Å². The van der Waals surface area contributed by atoms with Crippen LogP contribution in [0.15, 0.2) is 18.2 Å². The number of rotatable bonds is 3. The van der Waals surface area contributed by atoms with Crippen LogP contribution in [0.25, 0.3) is 11.4 Å². The van der Waals surface area contributed by atoms with Gasteiger partial charge < -0.3 is 10.5 Å². The number of nitrogens with one attached hydrogen (secondary N) is 1. The summed E-state index contributed by atoms with van der Waals surface area (Å²) < 4.78 is 18.3. The Morgan fingerprint density at radius 1 is 1.56 bits per heavy atom. The number of benzene rings is 1. The number of hydrogen-bond acceptors (Lipinski definition) is 5. The Labute approximate surface area is 102 Å². The zero-order valence-corrected chi connectivity index (χ0v) is 9.61. The first kappa shape index (κ1) is 12.0. The molecule has 3 N–H and O–H groups in total. The molecule has 0 fully saturated rings. The van der Waals surface area contributed by atoms with Crippen molar-refractivity contribution in [2.24, 2.45) is 0 Å². The number of carbonyl (C=O) groups excluding carboxylic acids is 1. The molecule has 0 bridgehead atoms. The Balaban J connectivity index is 2.38. The number of nitrogens with zero attached hydrogens (tertiary/aromatic N) is 2. The van der Waals surface area contributed by atoms with Gasteiger partial charge >= 0.3 is 5.97 Å². The van der Waals surface area contributed by atoms with Gasteiger partial charge in [-0.25, -0.2) is 14.2 Å². The lowest BCUT2D eigenvalue weighted by Crippen LogP contribution is -2.06. The summed E-state index contributed by atoms with van der Waals surface area (Å²) in [5, 5.41) is 6.14. The fourth-order valence-electron chi connectivity index (χ4n) is 1.44. The van der Waals surface area contributed by atoms with Crippen LogP contribution in [0, 0.1) is 5.82 Å². The van der Waals surface area contributed by atoms with Gasteiger partial charge in [0.15, 0.2) is 5.82 Å². The summed E-state index contributed by atoms with van der Waals surface area (Å²) in [6.07, 6.45) is 0. The molecule has 0 aliphatic carbocycles. The van der Waals surface area contributed by atoms with Gasteiger partial charge in [0, 0.05) is 5.69 Å². The predicted molar refractivity (Wildman–Crippen MR) is 62.1 cm³/mol. The molecular formula is C11H11FN4O2. The Hall–Kier alpha value is -2.44. The molecule has 0 amide bonds. The highest BCUT2D eigenvalue weighted by molar-refractivity contribution is 5.86. The molecule has 0 atom stereocenters. The predicted octanol–water partition coefficient (Wildman–Crippen LogP) is 1.37. The highest BCUT2D eigenvalue weighted by Gasteiger charge is 2.17. The number of H-pyrrole nitrogens is 1. The van der Waals surface area contributed by atoms with Crippen LogP contribution in [0.3, 0.4) is 0 Å². The summed E-state index contributed by atoms with van der Waals surface area (Å²) in [6.45, 7) is 1.89. The van der Waals surface area contributed by atoms with Gasteiger partial charge in [-0.3, -0.25) is 5.10 Å². The fraction of sp³-hybridized carbons (Fsp3) is 0.182. The third-order valence-corrected chi connectivity index (χ3v) is 2.22. The van der Waals surface area contributed by atoms with Gasteiger partial charge in [0.05, 0.1) is 12.2 Å². The van der Waals surface area contributed by atoms with E-state index in [9.17, 15) is 9.18 Å². The topological polar surface area (TPSA) is 93.9 Å². The van der Waals surface area contributed by atoms with Crippen LogP contribution in [0.1, 0.15) is 17.5 Å². The maximum Gasteiger partial charge on any atom is 0.375 e. The van der Waals surface area contributed by atoms with Gasteiger partial charge in [-0.1, -0.05) is 6.07 Å². The van der Waals surface area contributed by atoms with E-state index in [4.69, 9.17) is 10.5 Å². The average Bonchev–Trinajstić information content (AvgIpc) is 2.78. The Bertz CT molecular complexity index is 562. The number of hydrogen-bond donors (Lipinski definition) is 2. The third-order valence-electron chi connectivity index (χ3n) is 2.22. The molecule has 0 unspecified atom stereocenters. The molecular weight excluding hydrogens is 239 g/mol. The highest BCUT2D eigenvalue weighted by atomic mass is 19.1. The maximum absolute atomic E-state index is 13.6. The van der Waals surface area contributed by atoms with Crippen molar-refractivity contribution in [3.63, 3.8) is 0 Å². The quantitative estimate of drug-likeness (QED) is 0.633. The van der Waals surface area contributed by atoms with Crippen LogP contribution in [-0.2, 0) is 4.74 Å². The zero-order chi connectivity index (χ0) is 13.1. The fourth-order valence-corrected chi connectivity index (χ4v) is 1.44. The molecule has 18 heavy (non-hydrogen) atoms. The van der Waals surface area contributed by atoms with E-state index in [2.05, 4.69) is 15.2 Å². The van der Waals surface area contributed by atoms with Crippen LogP contribution in [-0.4, -0.2) is 27.8 Å². The number of ether oxygens (including phenoxy) is 1. The number of esters is 1. The Morgan fingerprint density at radius 2 is 2.33 bits per heavy atom. The minimum atomic E-state index is -0.647. The molecule has 0 spiro atoms. The first-order valence-corrected chi connectivity index (χ1v) is 5.27. The van der Waals surface area contributed by atoms with Crippen molar-refractivity contribution in [3.8, 4) is 11.4 Å². The number of aromatic amines is 1. The minimum absolute atomic E-state index is 0.0219. The molecule has 1 heterocycles. The molecule has 7 heteroatoms. The van der Waals surface area contributed by atoms with Gasteiger partial charge in [-0.2, -0.15) is 5.10 Å². The first-order chi connectivity index (χ1) is 8.63. The van der Waals surface area contributed by atoms with Crippen molar-refractivity contribution in [3.05, 3.63) is 29.8 Å². The highest BCUT2D eigenvalue weighted by Crippen LogP contribution is 2.25. The van der Waals surface area contributed by atoms with Crippen molar-refractivity contribution in [1.82, 2.24) is 15.2 Å². The molecule has 0 radical (unpaired) electrons. The maximum atomic E-state index is 13.6. The van der Waals surface area contributed by atoms with Crippen molar-refractivity contribution < 1.29 is 13.9 Å². The lowest BCUT2D eigenvalue weighted by Gasteiger charge is -2.01. The largest absolute Gasteiger partial charge is 0.460 e. The monoisotopic (exact) mass is 250 g/mol. The van der Waals surface area contributed by atoms with E-state index in [-0.39, 0.29) is 29.5 Å². The van der Waals surface area contributed by atoms with E-state index in [1.165, 1.54) is 18.2 Å². The molecule has 6 nitrogen and oxygen atoms in total. The van der Waals surface area contributed by atoms with E-state index in [0.29, 0.717) is 0 Å². The van der Waals surface area contributed by atoms with Crippen molar-refractivity contribution >= 4 is 11.7 Å². The van der Waals surface area contributed by atoms with Crippen molar-refractivity contribution in [2.75, 3.05) is 12.3 Å². The van der Waals surface area contributed by atoms with Crippen LogP contribution < -0.4 is 5.73 Å². The number of nitrogen functional groups attached to an aromatic ring is 1. The van der Waals surface area contributed by atoms with E-state index in [1.54, 1.807) is 6.92 Å². The second-order valence-corrected chi connectivity index (χ2v) is 3.43. The van der Waals surface area contributed by atoms with Gasteiger partial charge in [-0.15, -0.1) is 0 Å². The van der Waals surface area contributed by atoms with E-state index >= 15 is 0 Å². The summed E-state index contributed by atoms with van der Waals surface area (Å²) >= 11 is 0. The van der Waals surface area contributed by atoms with E-state index in [0.717, 1.165) is 0 Å². The SMILES string of the molecule is CCOC(=O)c1nc(-c2c(N)cccc2F)n[nH]1. The van der Waals surface area contributed by atoms with Gasteiger partial charge in [-0.05, 0) is 19.1 Å². The third kappa shape index (κ3) is 2.15. The molecule has 2 rings (SSSR count). The van der Waals surface area contributed by atoms with E-state index < -0.39 is 11.8 Å². The smallest absolute Gasteiger partial charge is 0.375 e. The summed E-state index contributed by atoms with van der Waals surface area (Å²) in [5.74, 6) is -1.27. The van der Waals surface area contributed by atoms with E-state index in [1.807, 2.05) is 0 Å². The lowest BCUT2D eigenvalue weighted by molar-refractivity contribution is 0.0512.